The van der Waals surface area contributed by atoms with E-state index < -0.39 is 11.1 Å². The van der Waals surface area contributed by atoms with Crippen LogP contribution in [-0.4, -0.2) is 4.57 Å². The van der Waals surface area contributed by atoms with E-state index in [-0.39, 0.29) is 10.8 Å². The van der Waals surface area contributed by atoms with Crippen LogP contribution in [0.2, 0.25) is 0 Å². The van der Waals surface area contributed by atoms with Crippen LogP contribution in [0.4, 0.5) is 0 Å². The molecule has 0 saturated carbocycles. The number of hydrogen-bond donors (Lipinski definition) is 0. The molecule has 7 aromatic rings. The number of nitrogens with zero attached hydrogens (tertiary/aromatic N) is 1. The lowest BCUT2D eigenvalue weighted by Crippen LogP contribution is -2.23. The Morgan fingerprint density at radius 1 is 0.462 bits per heavy atom. The van der Waals surface area contributed by atoms with Crippen molar-refractivity contribution in [2.45, 2.75) is 0 Å². The van der Waals surface area contributed by atoms with Gasteiger partial charge in [0.25, 0.3) is 11.1 Å². The summed E-state index contributed by atoms with van der Waals surface area (Å²) in [7, 11) is 0. The molecule has 0 unspecified atom stereocenters. The smallest absolute Gasteiger partial charge is 0.266 e. The lowest BCUT2D eigenvalue weighted by atomic mass is 9.89. The molecule has 0 radical (unpaired) electrons. The highest BCUT2D eigenvalue weighted by Crippen LogP contribution is 2.46. The molecular weight excluding hydrogens is 618 g/mol. The summed E-state index contributed by atoms with van der Waals surface area (Å²) in [6.45, 7) is 0. The number of para-hydroxylation sites is 1. The van der Waals surface area contributed by atoms with E-state index >= 15 is 0 Å². The highest BCUT2D eigenvalue weighted by molar-refractivity contribution is 9.11. The van der Waals surface area contributed by atoms with Crippen molar-refractivity contribution in [1.82, 2.24) is 4.57 Å². The summed E-state index contributed by atoms with van der Waals surface area (Å²) in [6, 6.07) is 31.4. The van der Waals surface area contributed by atoms with E-state index in [4.69, 9.17) is 0 Å². The third-order valence-corrected chi connectivity index (χ3v) is 8.69. The Morgan fingerprint density at radius 2 is 0.923 bits per heavy atom. The molecule has 4 nitrogen and oxygen atoms in total. The molecule has 0 saturated heterocycles. The van der Waals surface area contributed by atoms with Gasteiger partial charge >= 0.3 is 0 Å². The number of hydrogen-bond acceptors (Lipinski definition) is 3. The molecule has 0 amide bonds. The second-order valence-corrected chi connectivity index (χ2v) is 11.1. The number of benzene rings is 5. The van der Waals surface area contributed by atoms with Crippen molar-refractivity contribution in [2.75, 3.05) is 0 Å². The maximum Gasteiger partial charge on any atom is 0.266 e. The van der Waals surface area contributed by atoms with E-state index in [2.05, 4.69) is 31.9 Å². The number of fused-ring (bicyclic) bond motifs is 4. The third kappa shape index (κ3) is 3.38. The Labute approximate surface area is 238 Å². The minimum absolute atomic E-state index is 0.166. The van der Waals surface area contributed by atoms with Crippen LogP contribution in [0, 0.1) is 0 Å². The summed E-state index contributed by atoms with van der Waals surface area (Å²) >= 11 is 7.32. The summed E-state index contributed by atoms with van der Waals surface area (Å²) in [5.41, 5.74) is 1.92. The van der Waals surface area contributed by atoms with Gasteiger partial charge in [0, 0.05) is 36.2 Å². The molecule has 39 heavy (non-hydrogen) atoms. The van der Waals surface area contributed by atoms with Gasteiger partial charge in [0.1, 0.15) is 0 Å². The summed E-state index contributed by atoms with van der Waals surface area (Å²) in [4.78, 5) is 42.9. The zero-order chi connectivity index (χ0) is 26.8. The molecule has 0 bridgehead atoms. The quantitative estimate of drug-likeness (QED) is 0.200. The number of rotatable bonds is 3. The summed E-state index contributed by atoms with van der Waals surface area (Å²) < 4.78 is 2.71. The van der Waals surface area contributed by atoms with Crippen molar-refractivity contribution < 1.29 is 0 Å². The first-order chi connectivity index (χ1) is 19.0. The Kier molecular flexibility index (Phi) is 5.51. The van der Waals surface area contributed by atoms with Crippen molar-refractivity contribution >= 4 is 64.2 Å². The number of aromatic nitrogens is 1. The van der Waals surface area contributed by atoms with Crippen molar-refractivity contribution in [3.63, 3.8) is 0 Å². The zero-order valence-corrected chi connectivity index (χ0v) is 23.4. The first-order valence-electron chi connectivity index (χ1n) is 12.3. The first-order valence-corrected chi connectivity index (χ1v) is 13.9. The lowest BCUT2D eigenvalue weighted by Gasteiger charge is -2.14. The van der Waals surface area contributed by atoms with Crippen molar-refractivity contribution in [3.8, 4) is 27.9 Å². The monoisotopic (exact) mass is 633 g/mol. The molecule has 0 aliphatic carbocycles. The van der Waals surface area contributed by atoms with Crippen LogP contribution < -0.4 is 16.5 Å². The van der Waals surface area contributed by atoms with Gasteiger partial charge < -0.3 is 0 Å². The van der Waals surface area contributed by atoms with Gasteiger partial charge in [-0.15, -0.1) is 0 Å². The molecule has 6 aromatic carbocycles. The van der Waals surface area contributed by atoms with Crippen molar-refractivity contribution in [1.29, 1.82) is 0 Å². The van der Waals surface area contributed by atoms with Gasteiger partial charge in [-0.3, -0.25) is 14.4 Å². The molecule has 6 heteroatoms. The van der Waals surface area contributed by atoms with Gasteiger partial charge in [-0.25, -0.2) is 4.57 Å². The zero-order valence-electron chi connectivity index (χ0n) is 20.2. The van der Waals surface area contributed by atoms with Crippen LogP contribution in [-0.2, 0) is 0 Å². The molecule has 186 valence electrons. The maximum absolute atomic E-state index is 14.4. The fraction of sp³-hybridized carbons (Fsp3) is 0. The summed E-state index contributed by atoms with van der Waals surface area (Å²) in [5.74, 6) is 0. The Bertz CT molecular complexity index is 2260. The molecular formula is C33H17Br2NO3. The predicted molar refractivity (Wildman–Crippen MR) is 166 cm³/mol. The molecule has 0 spiro atoms. The van der Waals surface area contributed by atoms with Gasteiger partial charge in [-0.2, -0.15) is 0 Å². The summed E-state index contributed by atoms with van der Waals surface area (Å²) in [5, 5.41) is 2.94. The SMILES string of the molecule is O=c1c2ccccc2c2c(-c3ccccc3Br)c3c(=O)n(-c4ccccc4)c(=O)c3c(-c3ccccc3Br)c12. The number of halogens is 2. The molecule has 1 aromatic heterocycles. The Morgan fingerprint density at radius 3 is 1.49 bits per heavy atom. The molecule has 0 fully saturated rings. The molecule has 0 N–H and O–H groups in total. The van der Waals surface area contributed by atoms with Gasteiger partial charge in [-0.1, -0.05) is 111 Å². The van der Waals surface area contributed by atoms with Gasteiger partial charge in [0.15, 0.2) is 5.43 Å². The van der Waals surface area contributed by atoms with E-state index in [0.29, 0.717) is 43.9 Å². The standard InChI is InChI=1S/C33H17Br2NO3/c34-23-16-8-6-14-21(23)26-25-19-12-4-5-13-20(19)31(37)28(25)27(22-15-7-9-17-24(22)35)30-29(26)32(38)36(33(30)39)18-10-2-1-3-11-18/h1-17H. The highest BCUT2D eigenvalue weighted by Gasteiger charge is 2.30. The molecule has 0 atom stereocenters. The van der Waals surface area contributed by atoms with Crippen LogP contribution in [0.1, 0.15) is 0 Å². The molecule has 1 heterocycles. The van der Waals surface area contributed by atoms with Gasteiger partial charge in [0.2, 0.25) is 0 Å². The Hall–Kier alpha value is -4.13. The van der Waals surface area contributed by atoms with Crippen LogP contribution in [0.5, 0.6) is 0 Å². The van der Waals surface area contributed by atoms with Gasteiger partial charge in [0.05, 0.1) is 16.5 Å². The minimum atomic E-state index is -0.452. The van der Waals surface area contributed by atoms with Crippen LogP contribution >= 0.6 is 31.9 Å². The average Bonchev–Trinajstić information content (AvgIpc) is 3.39. The third-order valence-electron chi connectivity index (χ3n) is 7.30. The Balaban J connectivity index is 1.88. The fourth-order valence-electron chi connectivity index (χ4n) is 5.70. The van der Waals surface area contributed by atoms with E-state index in [9.17, 15) is 14.4 Å². The normalized spacial score (nSPS) is 11.6. The molecule has 7 rings (SSSR count). The lowest BCUT2D eigenvalue weighted by molar-refractivity contribution is 0.991. The van der Waals surface area contributed by atoms with Crippen molar-refractivity contribution in [2.24, 2.45) is 0 Å². The second-order valence-electron chi connectivity index (χ2n) is 9.37. The van der Waals surface area contributed by atoms with Crippen LogP contribution in [0.25, 0.3) is 60.3 Å². The second kappa shape index (κ2) is 8.97. The van der Waals surface area contributed by atoms with E-state index in [1.54, 1.807) is 30.3 Å². The maximum atomic E-state index is 14.4. The van der Waals surface area contributed by atoms with Crippen LogP contribution in [0.3, 0.4) is 0 Å². The fourth-order valence-corrected chi connectivity index (χ4v) is 6.67. The predicted octanol–water partition coefficient (Wildman–Crippen LogP) is 7.75. The average molecular weight is 635 g/mol. The highest BCUT2D eigenvalue weighted by atomic mass is 79.9. The van der Waals surface area contributed by atoms with E-state index in [1.807, 2.05) is 72.8 Å². The summed E-state index contributed by atoms with van der Waals surface area (Å²) in [6.07, 6.45) is 0. The van der Waals surface area contributed by atoms with Gasteiger partial charge in [-0.05, 0) is 40.8 Å². The topological polar surface area (TPSA) is 56.1 Å². The minimum Gasteiger partial charge on any atom is -0.289 e. The molecule has 0 aliphatic rings. The van der Waals surface area contributed by atoms with E-state index in [1.165, 1.54) is 4.57 Å². The van der Waals surface area contributed by atoms with Crippen LogP contribution in [0.15, 0.2) is 126 Å². The van der Waals surface area contributed by atoms with Crippen molar-refractivity contribution in [3.05, 3.63) is 143 Å². The largest absolute Gasteiger partial charge is 0.289 e. The van der Waals surface area contributed by atoms with E-state index in [0.717, 1.165) is 19.9 Å². The first kappa shape index (κ1) is 23.9. The molecule has 0 aliphatic heterocycles.